The lowest BCUT2D eigenvalue weighted by Crippen LogP contribution is -2.29. The molecule has 2 aromatic heterocycles. The summed E-state index contributed by atoms with van der Waals surface area (Å²) in [4.78, 5) is 53.5. The highest BCUT2D eigenvalue weighted by atomic mass is 16.6. The molecule has 0 radical (unpaired) electrons. The zero-order valence-electron chi connectivity index (χ0n) is 16.7. The average molecular weight is 437 g/mol. The molecule has 32 heavy (non-hydrogen) atoms. The number of pyridine rings is 2. The van der Waals surface area contributed by atoms with E-state index >= 15 is 0 Å². The molecule has 3 heterocycles. The molecule has 0 saturated heterocycles. The third-order valence-corrected chi connectivity index (χ3v) is 4.52. The fraction of sp³-hybridized carbons (Fsp3) is 0.200. The average Bonchev–Trinajstić information content (AvgIpc) is 2.82. The fourth-order valence-corrected chi connectivity index (χ4v) is 3.10. The molecule has 0 aliphatic carbocycles. The number of ether oxygens (including phenoxy) is 3. The lowest BCUT2D eigenvalue weighted by molar-refractivity contribution is -0.117. The Labute approximate surface area is 179 Å². The van der Waals surface area contributed by atoms with Gasteiger partial charge < -0.3 is 19.5 Å². The van der Waals surface area contributed by atoms with Crippen molar-refractivity contribution in [2.24, 2.45) is 10.4 Å². The Hall–Kier alpha value is -4.48. The highest BCUT2D eigenvalue weighted by Gasteiger charge is 2.21. The van der Waals surface area contributed by atoms with Crippen LogP contribution in [0.2, 0.25) is 0 Å². The molecule has 0 unspecified atom stereocenters. The van der Waals surface area contributed by atoms with Crippen LogP contribution in [0, 0.1) is 16.7 Å². The normalized spacial score (nSPS) is 12.2. The first-order chi connectivity index (χ1) is 15.5. The molecule has 1 aromatic carbocycles. The first kappa shape index (κ1) is 20.8. The van der Waals surface area contributed by atoms with E-state index in [-0.39, 0.29) is 22.6 Å². The number of nitrogens with zero attached hydrogens (tertiary/aromatic N) is 4. The van der Waals surface area contributed by atoms with Crippen LogP contribution in [0.15, 0.2) is 40.7 Å². The highest BCUT2D eigenvalue weighted by Crippen LogP contribution is 2.36. The number of aromatic nitrogens is 2. The first-order valence-electron chi connectivity index (χ1n) is 9.36. The molecule has 3 aromatic rings. The number of nitrogens with one attached hydrogen (secondary N) is 1. The number of aryl methyl sites for hydroxylation is 1. The molecule has 1 aliphatic rings. The summed E-state index contributed by atoms with van der Waals surface area (Å²) in [5.41, 5.74) is 0.0702. The second-order valence-corrected chi connectivity index (χ2v) is 6.61. The number of carbonyl (C=O) groups excluding carboxylic acids is 2. The lowest BCUT2D eigenvalue weighted by Gasteiger charge is -2.18. The summed E-state index contributed by atoms with van der Waals surface area (Å²) in [5.74, 6) is -0.0649. The van der Waals surface area contributed by atoms with Gasteiger partial charge in [0.2, 0.25) is 5.88 Å². The lowest BCUT2D eigenvalue weighted by atomic mass is 10.1. The second kappa shape index (κ2) is 8.71. The topological polar surface area (TPSA) is 158 Å². The van der Waals surface area contributed by atoms with Crippen LogP contribution in [0.1, 0.15) is 16.2 Å². The maximum atomic E-state index is 12.3. The van der Waals surface area contributed by atoms with Gasteiger partial charge in [-0.15, -0.1) is 9.81 Å². The van der Waals surface area contributed by atoms with Crippen molar-refractivity contribution in [3.63, 3.8) is 0 Å². The van der Waals surface area contributed by atoms with E-state index in [9.17, 15) is 19.4 Å². The minimum Gasteiger partial charge on any atom is -0.486 e. The number of rotatable bonds is 6. The second-order valence-electron chi connectivity index (χ2n) is 6.61. The summed E-state index contributed by atoms with van der Waals surface area (Å²) in [6.45, 7) is 1.88. The van der Waals surface area contributed by atoms with E-state index in [0.717, 1.165) is 0 Å². The van der Waals surface area contributed by atoms with E-state index in [1.165, 1.54) is 12.1 Å². The van der Waals surface area contributed by atoms with Gasteiger partial charge in [0, 0.05) is 22.7 Å². The molecule has 12 heteroatoms. The molecule has 4 rings (SSSR count). The van der Waals surface area contributed by atoms with Crippen molar-refractivity contribution in [3.05, 3.63) is 51.5 Å². The van der Waals surface area contributed by atoms with Crippen LogP contribution in [0.5, 0.6) is 23.1 Å². The Morgan fingerprint density at radius 3 is 2.62 bits per heavy atom. The summed E-state index contributed by atoms with van der Waals surface area (Å²) >= 11 is 0. The van der Waals surface area contributed by atoms with E-state index in [2.05, 4.69) is 25.6 Å². The fourth-order valence-electron chi connectivity index (χ4n) is 3.10. The van der Waals surface area contributed by atoms with E-state index in [4.69, 9.17) is 14.2 Å². The number of fused-ring (bicyclic) bond motifs is 2. The standard InChI is InChI=1S/C20H15N5O7/c1-10-17-12(18(25-29)19(22-10)20(27)21-9-15(26)24-28)3-5-16(23-17)32-11-2-4-13-14(8-11)31-7-6-30-13/h2-5,8H,6-7,9H2,1H3,(H,21,27). The number of amides is 2. The minimum absolute atomic E-state index is 0.218. The summed E-state index contributed by atoms with van der Waals surface area (Å²) in [6.07, 6.45) is 0. The van der Waals surface area contributed by atoms with Gasteiger partial charge in [0.15, 0.2) is 17.2 Å². The Bertz CT molecular complexity index is 1260. The Morgan fingerprint density at radius 1 is 1.09 bits per heavy atom. The third kappa shape index (κ3) is 4.05. The Morgan fingerprint density at radius 2 is 1.88 bits per heavy atom. The largest absolute Gasteiger partial charge is 0.486 e. The molecule has 0 spiro atoms. The zero-order valence-corrected chi connectivity index (χ0v) is 16.7. The van der Waals surface area contributed by atoms with Crippen molar-refractivity contribution in [1.29, 1.82) is 0 Å². The van der Waals surface area contributed by atoms with Crippen LogP contribution in [0.25, 0.3) is 10.9 Å². The molecule has 162 valence electrons. The summed E-state index contributed by atoms with van der Waals surface area (Å²) < 4.78 is 16.8. The van der Waals surface area contributed by atoms with Crippen LogP contribution in [-0.4, -0.2) is 41.5 Å². The summed E-state index contributed by atoms with van der Waals surface area (Å²) in [6, 6.07) is 8.13. The molecular formula is C20H15N5O7. The highest BCUT2D eigenvalue weighted by molar-refractivity contribution is 6.06. The number of hydrogen-bond acceptors (Lipinski definition) is 10. The molecule has 1 aliphatic heterocycles. The Balaban J connectivity index is 1.65. The maximum Gasteiger partial charge on any atom is 0.305 e. The quantitative estimate of drug-likeness (QED) is 0.572. The molecule has 0 fully saturated rings. The number of carbonyl (C=O) groups is 2. The molecule has 12 nitrogen and oxygen atoms in total. The van der Waals surface area contributed by atoms with E-state index in [1.54, 1.807) is 25.1 Å². The summed E-state index contributed by atoms with van der Waals surface area (Å²) in [7, 11) is 0. The van der Waals surface area contributed by atoms with Crippen molar-refractivity contribution in [3.8, 4) is 23.1 Å². The van der Waals surface area contributed by atoms with Gasteiger partial charge in [-0.1, -0.05) is 0 Å². The summed E-state index contributed by atoms with van der Waals surface area (Å²) in [5, 5.41) is 7.54. The van der Waals surface area contributed by atoms with Crippen LogP contribution < -0.4 is 19.5 Å². The van der Waals surface area contributed by atoms with E-state index in [0.29, 0.717) is 41.7 Å². The van der Waals surface area contributed by atoms with Gasteiger partial charge in [-0.2, -0.15) is 0 Å². The molecule has 2 amide bonds. The number of nitroso groups, excluding NO2 is 2. The van der Waals surface area contributed by atoms with E-state index < -0.39 is 18.4 Å². The minimum atomic E-state index is -1.07. The molecule has 1 N–H and O–H groups in total. The van der Waals surface area contributed by atoms with Crippen LogP contribution in [0.3, 0.4) is 0 Å². The van der Waals surface area contributed by atoms with Crippen molar-refractivity contribution in [2.45, 2.75) is 6.92 Å². The van der Waals surface area contributed by atoms with Gasteiger partial charge in [0.05, 0.1) is 11.2 Å². The Kier molecular flexibility index (Phi) is 5.66. The third-order valence-electron chi connectivity index (χ3n) is 4.52. The first-order valence-corrected chi connectivity index (χ1v) is 9.36. The van der Waals surface area contributed by atoms with Gasteiger partial charge in [-0.3, -0.25) is 9.59 Å². The van der Waals surface area contributed by atoms with Crippen LogP contribution >= 0.6 is 0 Å². The van der Waals surface area contributed by atoms with Crippen molar-refractivity contribution >= 4 is 28.4 Å². The van der Waals surface area contributed by atoms with Gasteiger partial charge in [-0.25, -0.2) is 9.97 Å². The number of hydrogen-bond donors (Lipinski definition) is 1. The van der Waals surface area contributed by atoms with Gasteiger partial charge in [0.1, 0.15) is 31.2 Å². The van der Waals surface area contributed by atoms with Gasteiger partial charge >= 0.3 is 5.91 Å². The van der Waals surface area contributed by atoms with Crippen LogP contribution in [-0.2, 0) is 4.79 Å². The maximum absolute atomic E-state index is 12.3. The van der Waals surface area contributed by atoms with Gasteiger partial charge in [-0.05, 0) is 30.3 Å². The monoisotopic (exact) mass is 437 g/mol. The molecule has 0 atom stereocenters. The predicted octanol–water partition coefficient (Wildman–Crippen LogP) is 2.92. The van der Waals surface area contributed by atoms with Crippen molar-refractivity contribution in [2.75, 3.05) is 19.8 Å². The SMILES string of the molecule is Cc1nc(C(=O)NCC(=O)N=O)c(N=O)c2ccc(Oc3ccc4c(c3)OCCO4)nc12. The number of benzene rings is 1. The smallest absolute Gasteiger partial charge is 0.305 e. The van der Waals surface area contributed by atoms with Crippen molar-refractivity contribution in [1.82, 2.24) is 15.3 Å². The van der Waals surface area contributed by atoms with E-state index in [1.807, 2.05) is 0 Å². The van der Waals surface area contributed by atoms with Crippen LogP contribution in [0.4, 0.5) is 5.69 Å². The zero-order chi connectivity index (χ0) is 22.7. The van der Waals surface area contributed by atoms with Gasteiger partial charge in [0.25, 0.3) is 5.91 Å². The molecule has 0 bridgehead atoms. The predicted molar refractivity (Wildman–Crippen MR) is 110 cm³/mol. The molecule has 0 saturated carbocycles. The molecular weight excluding hydrogens is 422 g/mol. The van der Waals surface area contributed by atoms with Crippen molar-refractivity contribution < 1.29 is 23.8 Å².